The third kappa shape index (κ3) is 4.04. The first-order valence-electron chi connectivity index (χ1n) is 11.4. The fourth-order valence-corrected chi connectivity index (χ4v) is 5.01. The van der Waals surface area contributed by atoms with Crippen molar-refractivity contribution in [3.05, 3.63) is 65.2 Å². The van der Waals surface area contributed by atoms with E-state index in [-0.39, 0.29) is 0 Å². The molecule has 6 rings (SSSR count). The molecule has 1 aromatic carbocycles. The number of hydrogen-bond donors (Lipinski definition) is 3. The first-order valence-corrected chi connectivity index (χ1v) is 12.3. The molecule has 4 aromatic heterocycles. The van der Waals surface area contributed by atoms with E-state index in [2.05, 4.69) is 43.0 Å². The number of nitrogen functional groups attached to an aromatic ring is 1. The topological polar surface area (TPSA) is 107 Å². The fourth-order valence-electron chi connectivity index (χ4n) is 4.36. The van der Waals surface area contributed by atoms with Crippen LogP contribution in [0.5, 0.6) is 0 Å². The molecule has 0 spiro atoms. The summed E-state index contributed by atoms with van der Waals surface area (Å²) in [4.78, 5) is 10.4. The van der Waals surface area contributed by atoms with Crippen LogP contribution in [-0.4, -0.2) is 32.8 Å². The summed E-state index contributed by atoms with van der Waals surface area (Å²) in [6, 6.07) is 12.5. The Morgan fingerprint density at radius 2 is 2.06 bits per heavy atom. The first kappa shape index (κ1) is 20.9. The van der Waals surface area contributed by atoms with Crippen molar-refractivity contribution in [3.63, 3.8) is 0 Å². The van der Waals surface area contributed by atoms with Crippen LogP contribution in [0.25, 0.3) is 33.7 Å². The highest BCUT2D eigenvalue weighted by molar-refractivity contribution is 7.09. The van der Waals surface area contributed by atoms with Crippen LogP contribution in [0.3, 0.4) is 0 Å². The molecular weight excluding hydrogens is 446 g/mol. The molecule has 0 radical (unpaired) electrons. The monoisotopic (exact) mass is 471 g/mol. The number of aromatic nitrogens is 4. The molecule has 172 valence electrons. The maximum atomic E-state index is 6.25. The summed E-state index contributed by atoms with van der Waals surface area (Å²) in [5, 5.41) is 13.5. The number of piperidine rings is 1. The number of nitrogens with two attached hydrogens (primary N) is 1. The molecule has 1 aliphatic rings. The van der Waals surface area contributed by atoms with Gasteiger partial charge in [-0.1, -0.05) is 12.1 Å². The molecule has 1 fully saturated rings. The average molecular weight is 472 g/mol. The van der Waals surface area contributed by atoms with Crippen LogP contribution in [0, 0.1) is 0 Å². The van der Waals surface area contributed by atoms with Gasteiger partial charge in [-0.25, -0.2) is 9.97 Å². The number of pyridine rings is 1. The summed E-state index contributed by atoms with van der Waals surface area (Å²) < 4.78 is 8.28. The van der Waals surface area contributed by atoms with Gasteiger partial charge in [-0.05, 0) is 55.6 Å². The maximum Gasteiger partial charge on any atom is 0.231 e. The number of anilines is 2. The van der Waals surface area contributed by atoms with Crippen LogP contribution in [0.15, 0.2) is 64.8 Å². The van der Waals surface area contributed by atoms with Crippen LogP contribution in [-0.2, 0) is 6.54 Å². The Balaban J connectivity index is 1.31. The van der Waals surface area contributed by atoms with Gasteiger partial charge in [-0.15, -0.1) is 11.3 Å². The van der Waals surface area contributed by atoms with Gasteiger partial charge in [-0.3, -0.25) is 4.68 Å². The number of benzene rings is 1. The van der Waals surface area contributed by atoms with Gasteiger partial charge in [-0.2, -0.15) is 5.10 Å². The molecule has 8 nitrogen and oxygen atoms in total. The largest absolute Gasteiger partial charge is 0.434 e. The lowest BCUT2D eigenvalue weighted by Gasteiger charge is -2.22. The molecule has 5 heterocycles. The quantitative estimate of drug-likeness (QED) is 0.322. The van der Waals surface area contributed by atoms with Gasteiger partial charge >= 0.3 is 0 Å². The lowest BCUT2D eigenvalue weighted by Crippen LogP contribution is -2.29. The first-order chi connectivity index (χ1) is 16.7. The van der Waals surface area contributed by atoms with Crippen LogP contribution in [0.1, 0.15) is 23.8 Å². The SMILES string of the molecule is Nc1ncc(-c2cnn(C3CCNCC3)c2)cc1-c1nc2cccc(NCc3cccs3)c2o1. The van der Waals surface area contributed by atoms with E-state index in [1.54, 1.807) is 17.5 Å². The molecule has 9 heteroatoms. The van der Waals surface area contributed by atoms with Crippen molar-refractivity contribution in [2.75, 3.05) is 24.1 Å². The minimum atomic E-state index is 0.383. The van der Waals surface area contributed by atoms with Crippen molar-refractivity contribution in [1.29, 1.82) is 0 Å². The lowest BCUT2D eigenvalue weighted by atomic mass is 10.1. The summed E-state index contributed by atoms with van der Waals surface area (Å²) in [6.07, 6.45) is 7.92. The Morgan fingerprint density at radius 3 is 2.91 bits per heavy atom. The van der Waals surface area contributed by atoms with Gasteiger partial charge in [0, 0.05) is 34.9 Å². The van der Waals surface area contributed by atoms with E-state index in [1.165, 1.54) is 4.88 Å². The molecule has 0 aliphatic carbocycles. The van der Waals surface area contributed by atoms with Gasteiger partial charge in [0.1, 0.15) is 11.3 Å². The van der Waals surface area contributed by atoms with Crippen LogP contribution >= 0.6 is 11.3 Å². The average Bonchev–Trinajstić information content (AvgIpc) is 3.64. The summed E-state index contributed by atoms with van der Waals surface area (Å²) in [6.45, 7) is 2.78. The van der Waals surface area contributed by atoms with E-state index >= 15 is 0 Å². The fraction of sp³-hybridized carbons (Fsp3) is 0.240. The molecule has 5 aromatic rings. The van der Waals surface area contributed by atoms with E-state index < -0.39 is 0 Å². The number of rotatable bonds is 6. The Bertz CT molecular complexity index is 1420. The molecule has 0 amide bonds. The number of nitrogens with zero attached hydrogens (tertiary/aromatic N) is 4. The minimum absolute atomic E-state index is 0.383. The normalized spacial score (nSPS) is 14.6. The van der Waals surface area contributed by atoms with Crippen LogP contribution < -0.4 is 16.4 Å². The third-order valence-corrected chi connectivity index (χ3v) is 7.09. The Kier molecular flexibility index (Phi) is 5.48. The molecule has 0 saturated carbocycles. The minimum Gasteiger partial charge on any atom is -0.434 e. The number of hydrogen-bond acceptors (Lipinski definition) is 8. The van der Waals surface area contributed by atoms with Gasteiger partial charge in [0.15, 0.2) is 5.58 Å². The van der Waals surface area contributed by atoms with E-state index in [4.69, 9.17) is 15.1 Å². The highest BCUT2D eigenvalue weighted by Crippen LogP contribution is 2.34. The van der Waals surface area contributed by atoms with Crippen LogP contribution in [0.4, 0.5) is 11.5 Å². The summed E-state index contributed by atoms with van der Waals surface area (Å²) in [5.74, 6) is 0.840. The number of fused-ring (bicyclic) bond motifs is 1. The number of thiophene rings is 1. The molecule has 1 aliphatic heterocycles. The molecule has 0 atom stereocenters. The summed E-state index contributed by atoms with van der Waals surface area (Å²) >= 11 is 1.72. The molecule has 1 saturated heterocycles. The highest BCUT2D eigenvalue weighted by Gasteiger charge is 2.18. The predicted octanol–water partition coefficient (Wildman–Crippen LogP) is 4.93. The van der Waals surface area contributed by atoms with E-state index in [1.807, 2.05) is 36.5 Å². The van der Waals surface area contributed by atoms with Crippen LogP contribution in [0.2, 0.25) is 0 Å². The zero-order chi connectivity index (χ0) is 22.9. The van der Waals surface area contributed by atoms with Crippen molar-refractivity contribution in [1.82, 2.24) is 25.1 Å². The smallest absolute Gasteiger partial charge is 0.231 e. The third-order valence-electron chi connectivity index (χ3n) is 6.21. The second-order valence-electron chi connectivity index (χ2n) is 8.45. The van der Waals surface area contributed by atoms with Crippen molar-refractivity contribution in [2.45, 2.75) is 25.4 Å². The van der Waals surface area contributed by atoms with E-state index in [0.29, 0.717) is 28.9 Å². The van der Waals surface area contributed by atoms with Gasteiger partial charge in [0.2, 0.25) is 5.89 Å². The lowest BCUT2D eigenvalue weighted by molar-refractivity contribution is 0.343. The van der Waals surface area contributed by atoms with Gasteiger partial charge < -0.3 is 20.8 Å². The standard InChI is InChI=1S/C25H25N7OS/c26-24-20(11-16(12-29-24)17-13-30-32(15-17)18-6-8-27-9-7-18)25-31-22-5-1-4-21(23(22)33-25)28-14-19-3-2-10-34-19/h1-5,10-13,15,18,27-28H,6-9,14H2,(H2,26,29). The molecule has 0 unspecified atom stereocenters. The summed E-state index contributed by atoms with van der Waals surface area (Å²) in [5.41, 5.74) is 11.2. The Hall–Kier alpha value is -3.69. The van der Waals surface area contributed by atoms with Gasteiger partial charge in [0.05, 0.1) is 23.5 Å². The van der Waals surface area contributed by atoms with E-state index in [9.17, 15) is 0 Å². The highest BCUT2D eigenvalue weighted by atomic mass is 32.1. The molecular formula is C25H25N7OS. The van der Waals surface area contributed by atoms with Gasteiger partial charge in [0.25, 0.3) is 0 Å². The number of para-hydroxylation sites is 1. The van der Waals surface area contributed by atoms with Crippen molar-refractivity contribution in [3.8, 4) is 22.6 Å². The summed E-state index contributed by atoms with van der Waals surface area (Å²) in [7, 11) is 0. The molecule has 4 N–H and O–H groups in total. The maximum absolute atomic E-state index is 6.25. The zero-order valence-electron chi connectivity index (χ0n) is 18.6. The Morgan fingerprint density at radius 1 is 1.15 bits per heavy atom. The molecule has 34 heavy (non-hydrogen) atoms. The predicted molar refractivity (Wildman–Crippen MR) is 136 cm³/mol. The number of oxazole rings is 1. The second kappa shape index (κ2) is 8.92. The molecule has 0 bridgehead atoms. The Labute approximate surface area is 200 Å². The van der Waals surface area contributed by atoms with Crippen molar-refractivity contribution >= 4 is 33.9 Å². The second-order valence-corrected chi connectivity index (χ2v) is 9.48. The van der Waals surface area contributed by atoms with Crippen molar-refractivity contribution in [2.24, 2.45) is 0 Å². The van der Waals surface area contributed by atoms with Crippen molar-refractivity contribution < 1.29 is 4.42 Å². The number of nitrogens with one attached hydrogen (secondary N) is 2. The van der Waals surface area contributed by atoms with E-state index in [0.717, 1.165) is 54.8 Å². The zero-order valence-corrected chi connectivity index (χ0v) is 19.4.